The van der Waals surface area contributed by atoms with Crippen LogP contribution in [0.1, 0.15) is 41.7 Å². The number of morpholine rings is 1. The molecule has 2 aliphatic heterocycles. The van der Waals surface area contributed by atoms with Crippen LogP contribution < -0.4 is 10.2 Å². The number of phenols is 1. The highest BCUT2D eigenvalue weighted by molar-refractivity contribution is 6.11. The van der Waals surface area contributed by atoms with Gasteiger partial charge in [0, 0.05) is 37.2 Å². The lowest BCUT2D eigenvalue weighted by molar-refractivity contribution is 0.0967. The monoisotopic (exact) mass is 544 g/mol. The predicted octanol–water partition coefficient (Wildman–Crippen LogP) is 4.40. The van der Waals surface area contributed by atoms with Gasteiger partial charge in [-0.3, -0.25) is 9.89 Å². The van der Waals surface area contributed by atoms with Crippen LogP contribution in [-0.4, -0.2) is 65.5 Å². The van der Waals surface area contributed by atoms with Gasteiger partial charge in [0.25, 0.3) is 0 Å². The Morgan fingerprint density at radius 3 is 2.75 bits per heavy atom. The second kappa shape index (κ2) is 11.1. The number of ketones is 1. The smallest absolute Gasteiger partial charge is 0.196 e. The third-order valence-electron chi connectivity index (χ3n) is 7.70. The molecule has 5 heterocycles. The van der Waals surface area contributed by atoms with Crippen LogP contribution in [0.3, 0.4) is 0 Å². The first-order valence-corrected chi connectivity index (χ1v) is 13.5. The van der Waals surface area contributed by atoms with Crippen LogP contribution in [-0.2, 0) is 4.74 Å². The quantitative estimate of drug-likeness (QED) is 0.289. The molecule has 0 aliphatic carbocycles. The van der Waals surface area contributed by atoms with Crippen molar-refractivity contribution in [1.29, 1.82) is 5.26 Å². The molecule has 0 saturated carbocycles. The van der Waals surface area contributed by atoms with Crippen LogP contribution in [0.15, 0.2) is 34.7 Å². The van der Waals surface area contributed by atoms with Gasteiger partial charge in [0.1, 0.15) is 29.1 Å². The van der Waals surface area contributed by atoms with E-state index in [1.807, 2.05) is 11.0 Å². The van der Waals surface area contributed by atoms with Crippen LogP contribution >= 0.6 is 0 Å². The molecule has 0 spiro atoms. The molecule has 3 N–H and O–H groups in total. The van der Waals surface area contributed by atoms with Gasteiger partial charge in [0.2, 0.25) is 0 Å². The number of benzene rings is 1. The van der Waals surface area contributed by atoms with Crippen molar-refractivity contribution in [1.82, 2.24) is 20.5 Å². The van der Waals surface area contributed by atoms with Crippen molar-refractivity contribution in [2.75, 3.05) is 44.3 Å². The van der Waals surface area contributed by atoms with Gasteiger partial charge >= 0.3 is 0 Å². The van der Waals surface area contributed by atoms with Gasteiger partial charge < -0.3 is 24.5 Å². The van der Waals surface area contributed by atoms with Crippen molar-refractivity contribution in [3.8, 4) is 34.4 Å². The fraction of sp³-hybridized carbons (Fsp3) is 0.379. The summed E-state index contributed by atoms with van der Waals surface area (Å²) < 4.78 is 26.7. The number of aromatic amines is 1. The summed E-state index contributed by atoms with van der Waals surface area (Å²) in [6.07, 6.45) is 3.14. The third-order valence-corrected chi connectivity index (χ3v) is 7.70. The molecule has 2 fully saturated rings. The molecule has 3 aromatic heterocycles. The van der Waals surface area contributed by atoms with Crippen LogP contribution in [0.4, 0.5) is 10.3 Å². The molecule has 2 aliphatic rings. The van der Waals surface area contributed by atoms with E-state index in [4.69, 9.17) is 9.15 Å². The number of furan rings is 1. The number of anilines is 1. The zero-order chi connectivity index (χ0) is 27.6. The molecule has 11 heteroatoms. The fourth-order valence-corrected chi connectivity index (χ4v) is 5.55. The Morgan fingerprint density at radius 1 is 1.20 bits per heavy atom. The topological polar surface area (TPSA) is 140 Å². The highest BCUT2D eigenvalue weighted by Crippen LogP contribution is 2.41. The van der Waals surface area contributed by atoms with E-state index < -0.39 is 5.82 Å². The van der Waals surface area contributed by atoms with Crippen molar-refractivity contribution >= 4 is 22.7 Å². The van der Waals surface area contributed by atoms with Crippen molar-refractivity contribution in [2.45, 2.75) is 25.7 Å². The van der Waals surface area contributed by atoms with E-state index in [2.05, 4.69) is 26.6 Å². The molecule has 0 amide bonds. The number of rotatable bonds is 7. The van der Waals surface area contributed by atoms with Crippen LogP contribution in [0.5, 0.6) is 5.75 Å². The number of carbonyl (C=O) groups excluding carboxylic acids is 1. The number of H-pyrrole nitrogens is 1. The number of carbonyl (C=O) groups is 1. The average molecular weight is 545 g/mol. The molecule has 2 saturated heterocycles. The zero-order valence-electron chi connectivity index (χ0n) is 21.9. The molecular formula is C29H29FN6O4. The summed E-state index contributed by atoms with van der Waals surface area (Å²) >= 11 is 0. The summed E-state index contributed by atoms with van der Waals surface area (Å²) in [6, 6.07) is 9.39. The lowest BCUT2D eigenvalue weighted by atomic mass is 9.91. The van der Waals surface area contributed by atoms with Gasteiger partial charge in [0.05, 0.1) is 35.4 Å². The number of nitrogens with zero attached hydrogens (tertiary/aromatic N) is 4. The van der Waals surface area contributed by atoms with E-state index in [9.17, 15) is 15.2 Å². The molecule has 206 valence electrons. The molecule has 10 nitrogen and oxygen atoms in total. The number of aromatic nitrogens is 3. The summed E-state index contributed by atoms with van der Waals surface area (Å²) in [5.41, 5.74) is 0.879. The van der Waals surface area contributed by atoms with Gasteiger partial charge in [-0.15, -0.1) is 0 Å². The van der Waals surface area contributed by atoms with Gasteiger partial charge in [-0.25, -0.2) is 9.37 Å². The van der Waals surface area contributed by atoms with Gasteiger partial charge in [-0.05, 0) is 56.5 Å². The zero-order valence-corrected chi connectivity index (χ0v) is 21.9. The number of fused-ring (bicyclic) bond motifs is 1. The molecule has 1 aromatic carbocycles. The van der Waals surface area contributed by atoms with Crippen LogP contribution in [0.2, 0.25) is 0 Å². The molecule has 0 unspecified atom stereocenters. The van der Waals surface area contributed by atoms with Gasteiger partial charge in [-0.1, -0.05) is 0 Å². The van der Waals surface area contributed by atoms with Crippen molar-refractivity contribution < 1.29 is 23.4 Å². The van der Waals surface area contributed by atoms with E-state index in [1.165, 1.54) is 12.1 Å². The standard InChI is InChI=1S/C29H29FN6O4/c30-21-15-18(37)2-3-19(21)27-20(16-31)25(23-5-6-24(40-23)36-11-13-39-14-12-36)26-28(34-35-29(26)33-27)22(38)4-1-17-7-9-32-10-8-17/h2-3,5-6,15,17,32,37H,1,4,7-14H2,(H,33,34,35). The minimum absolute atomic E-state index is 0.0271. The Kier molecular flexibility index (Phi) is 7.19. The molecule has 40 heavy (non-hydrogen) atoms. The van der Waals surface area contributed by atoms with Crippen molar-refractivity contribution in [3.05, 3.63) is 47.4 Å². The highest BCUT2D eigenvalue weighted by Gasteiger charge is 2.28. The third kappa shape index (κ3) is 4.92. The molecule has 0 bridgehead atoms. The maximum atomic E-state index is 15.0. The number of hydrogen-bond acceptors (Lipinski definition) is 9. The van der Waals surface area contributed by atoms with Gasteiger partial charge in [0.15, 0.2) is 17.3 Å². The lowest BCUT2D eigenvalue weighted by Gasteiger charge is -2.26. The number of Topliss-reactive ketones (excluding diaryl/α,β-unsaturated/α-hetero) is 1. The minimum Gasteiger partial charge on any atom is -0.508 e. The Hall–Kier alpha value is -4.27. The number of pyridine rings is 1. The molecule has 6 rings (SSSR count). The first-order valence-electron chi connectivity index (χ1n) is 13.5. The SMILES string of the molecule is N#Cc1c(-c2ccc(O)cc2F)nc2n[nH]c(C(=O)CCC3CCNCC3)c2c1-c1ccc(N2CCOCC2)o1. The summed E-state index contributed by atoms with van der Waals surface area (Å²) in [5.74, 6) is 0.306. The number of halogens is 1. The molecular weight excluding hydrogens is 515 g/mol. The number of nitriles is 1. The Labute approximate surface area is 229 Å². The van der Waals surface area contributed by atoms with E-state index in [-0.39, 0.29) is 39.7 Å². The maximum Gasteiger partial charge on any atom is 0.196 e. The number of nitrogens with one attached hydrogen (secondary N) is 2. The first-order chi connectivity index (χ1) is 19.5. The molecule has 4 aromatic rings. The molecule has 0 radical (unpaired) electrons. The second-order valence-electron chi connectivity index (χ2n) is 10.2. The van der Waals surface area contributed by atoms with E-state index in [0.717, 1.165) is 38.4 Å². The van der Waals surface area contributed by atoms with Gasteiger partial charge in [-0.2, -0.15) is 10.4 Å². The number of piperidine rings is 1. The average Bonchev–Trinajstić information content (AvgIpc) is 3.64. The summed E-state index contributed by atoms with van der Waals surface area (Å²) in [6.45, 7) is 4.35. The Balaban J connectivity index is 1.48. The summed E-state index contributed by atoms with van der Waals surface area (Å²) in [4.78, 5) is 20.1. The highest BCUT2D eigenvalue weighted by atomic mass is 19.1. The summed E-state index contributed by atoms with van der Waals surface area (Å²) in [7, 11) is 0. The number of aromatic hydroxyl groups is 1. The second-order valence-corrected chi connectivity index (χ2v) is 10.2. The minimum atomic E-state index is -0.739. The lowest BCUT2D eigenvalue weighted by Crippen LogP contribution is -2.35. The maximum absolute atomic E-state index is 15.0. The molecule has 0 atom stereocenters. The Morgan fingerprint density at radius 2 is 2.00 bits per heavy atom. The Bertz CT molecular complexity index is 1590. The number of ether oxygens (including phenoxy) is 1. The van der Waals surface area contributed by atoms with Crippen LogP contribution in [0.25, 0.3) is 33.6 Å². The van der Waals surface area contributed by atoms with Crippen molar-refractivity contribution in [3.63, 3.8) is 0 Å². The first kappa shape index (κ1) is 26.0. The van der Waals surface area contributed by atoms with E-state index in [0.29, 0.717) is 61.2 Å². The predicted molar refractivity (Wildman–Crippen MR) is 146 cm³/mol. The summed E-state index contributed by atoms with van der Waals surface area (Å²) in [5, 5.41) is 31.0. The fourth-order valence-electron chi connectivity index (χ4n) is 5.55. The number of phenolic OH excluding ortho intramolecular Hbond substituents is 1. The largest absolute Gasteiger partial charge is 0.508 e. The number of hydrogen-bond donors (Lipinski definition) is 3. The van der Waals surface area contributed by atoms with Crippen molar-refractivity contribution in [2.24, 2.45) is 5.92 Å². The van der Waals surface area contributed by atoms with E-state index >= 15 is 4.39 Å². The normalized spacial score (nSPS) is 16.4. The van der Waals surface area contributed by atoms with E-state index in [1.54, 1.807) is 6.07 Å². The van der Waals surface area contributed by atoms with Crippen LogP contribution in [0, 0.1) is 23.1 Å².